The number of anilines is 1. The number of nitrogens with zero attached hydrogens (tertiary/aromatic N) is 5. The SMILES string of the molecule is CCCCN(Cc1ccc(-c2ccccc2-c2nn[nH]n2)cc1)c1nc(C)ccc1C(=O)OCC. The second kappa shape index (κ2) is 11.4. The van der Waals surface area contributed by atoms with Crippen molar-refractivity contribution in [2.75, 3.05) is 18.1 Å². The van der Waals surface area contributed by atoms with E-state index in [1.54, 1.807) is 0 Å². The lowest BCUT2D eigenvalue weighted by molar-refractivity contribution is 0.0526. The summed E-state index contributed by atoms with van der Waals surface area (Å²) < 4.78 is 5.30. The largest absolute Gasteiger partial charge is 0.462 e. The molecule has 0 aliphatic heterocycles. The smallest absolute Gasteiger partial charge is 0.341 e. The summed E-state index contributed by atoms with van der Waals surface area (Å²) in [5, 5.41) is 14.5. The van der Waals surface area contributed by atoms with Crippen LogP contribution >= 0.6 is 0 Å². The van der Waals surface area contributed by atoms with E-state index >= 15 is 0 Å². The Hall–Kier alpha value is -4.07. The number of esters is 1. The first kappa shape index (κ1) is 24.1. The molecule has 0 fully saturated rings. The van der Waals surface area contributed by atoms with E-state index in [0.717, 1.165) is 47.3 Å². The topological polar surface area (TPSA) is 96.9 Å². The van der Waals surface area contributed by atoms with Crippen LogP contribution in [-0.2, 0) is 11.3 Å². The molecule has 4 aromatic rings. The van der Waals surface area contributed by atoms with Crippen molar-refractivity contribution in [3.05, 3.63) is 77.5 Å². The molecule has 0 spiro atoms. The van der Waals surface area contributed by atoms with E-state index in [1.807, 2.05) is 44.2 Å². The Morgan fingerprint density at radius 2 is 1.77 bits per heavy atom. The van der Waals surface area contributed by atoms with E-state index in [2.05, 4.69) is 62.8 Å². The van der Waals surface area contributed by atoms with Crippen LogP contribution in [-0.4, -0.2) is 44.7 Å². The van der Waals surface area contributed by atoms with Crippen LogP contribution < -0.4 is 4.90 Å². The summed E-state index contributed by atoms with van der Waals surface area (Å²) in [4.78, 5) is 19.5. The summed E-state index contributed by atoms with van der Waals surface area (Å²) >= 11 is 0. The molecular weight excluding hydrogens is 440 g/mol. The minimum absolute atomic E-state index is 0.327. The Balaban J connectivity index is 1.63. The van der Waals surface area contributed by atoms with Crippen molar-refractivity contribution >= 4 is 11.8 Å². The van der Waals surface area contributed by atoms with E-state index < -0.39 is 0 Å². The van der Waals surface area contributed by atoms with Gasteiger partial charge in [0.05, 0.1) is 6.61 Å². The van der Waals surface area contributed by atoms with E-state index in [1.165, 1.54) is 0 Å². The molecule has 180 valence electrons. The summed E-state index contributed by atoms with van der Waals surface area (Å²) in [6.45, 7) is 7.66. The number of aromatic nitrogens is 5. The number of pyridine rings is 1. The van der Waals surface area contributed by atoms with Gasteiger partial charge in [-0.05, 0) is 54.3 Å². The Morgan fingerprint density at radius 1 is 1.00 bits per heavy atom. The second-order valence-electron chi connectivity index (χ2n) is 8.30. The van der Waals surface area contributed by atoms with Crippen molar-refractivity contribution in [1.29, 1.82) is 0 Å². The molecule has 2 heterocycles. The highest BCUT2D eigenvalue weighted by Gasteiger charge is 2.20. The maximum absolute atomic E-state index is 12.6. The van der Waals surface area contributed by atoms with E-state index in [-0.39, 0.29) is 5.97 Å². The highest BCUT2D eigenvalue weighted by atomic mass is 16.5. The zero-order chi connectivity index (χ0) is 24.6. The van der Waals surface area contributed by atoms with Crippen molar-refractivity contribution in [2.24, 2.45) is 0 Å². The maximum Gasteiger partial charge on any atom is 0.341 e. The molecular formula is C27H30N6O2. The number of benzene rings is 2. The number of unbranched alkanes of at least 4 members (excludes halogenated alkanes) is 1. The van der Waals surface area contributed by atoms with Gasteiger partial charge < -0.3 is 9.64 Å². The fraction of sp³-hybridized carbons (Fsp3) is 0.296. The van der Waals surface area contributed by atoms with Crippen molar-refractivity contribution in [1.82, 2.24) is 25.6 Å². The van der Waals surface area contributed by atoms with Gasteiger partial charge >= 0.3 is 5.97 Å². The standard InChI is InChI=1S/C27H30N6O2/c1-4-6-17-33(26-24(27(34)35-5-2)16-11-19(3)28-26)18-20-12-14-21(15-13-20)22-9-7-8-10-23(22)25-29-31-32-30-25/h7-16H,4-6,17-18H2,1-3H3,(H,29,30,31,32). The summed E-state index contributed by atoms with van der Waals surface area (Å²) in [6.07, 6.45) is 2.04. The van der Waals surface area contributed by atoms with E-state index in [0.29, 0.717) is 30.4 Å². The fourth-order valence-corrected chi connectivity index (χ4v) is 3.98. The van der Waals surface area contributed by atoms with Crippen molar-refractivity contribution in [3.8, 4) is 22.5 Å². The number of hydrogen-bond acceptors (Lipinski definition) is 7. The van der Waals surface area contributed by atoms with Gasteiger partial charge in [0.2, 0.25) is 5.82 Å². The molecule has 0 saturated carbocycles. The molecule has 35 heavy (non-hydrogen) atoms. The van der Waals surface area contributed by atoms with Crippen LogP contribution in [0.4, 0.5) is 5.82 Å². The molecule has 8 heteroatoms. The Bertz CT molecular complexity index is 1260. The minimum atomic E-state index is -0.343. The van der Waals surface area contributed by atoms with Crippen LogP contribution in [0.5, 0.6) is 0 Å². The van der Waals surface area contributed by atoms with Crippen molar-refractivity contribution < 1.29 is 9.53 Å². The molecule has 2 aromatic heterocycles. The quantitative estimate of drug-likeness (QED) is 0.317. The van der Waals surface area contributed by atoms with Gasteiger partial charge in [0.15, 0.2) is 0 Å². The number of H-pyrrole nitrogens is 1. The van der Waals surface area contributed by atoms with Crippen LogP contribution in [0.2, 0.25) is 0 Å². The van der Waals surface area contributed by atoms with Crippen LogP contribution in [0, 0.1) is 6.92 Å². The predicted molar refractivity (Wildman–Crippen MR) is 136 cm³/mol. The molecule has 0 amide bonds. The Kier molecular flexibility index (Phi) is 7.82. The molecule has 0 radical (unpaired) electrons. The zero-order valence-electron chi connectivity index (χ0n) is 20.4. The normalized spacial score (nSPS) is 10.8. The predicted octanol–water partition coefficient (Wildman–Crippen LogP) is 5.22. The molecule has 1 N–H and O–H groups in total. The van der Waals surface area contributed by atoms with Crippen LogP contribution in [0.3, 0.4) is 0 Å². The van der Waals surface area contributed by atoms with Crippen molar-refractivity contribution in [2.45, 2.75) is 40.2 Å². The second-order valence-corrected chi connectivity index (χ2v) is 8.30. The van der Waals surface area contributed by atoms with Gasteiger partial charge in [0.1, 0.15) is 11.4 Å². The molecule has 0 atom stereocenters. The fourth-order valence-electron chi connectivity index (χ4n) is 3.98. The Labute approximate surface area is 205 Å². The number of carbonyl (C=O) groups is 1. The minimum Gasteiger partial charge on any atom is -0.462 e. The highest BCUT2D eigenvalue weighted by molar-refractivity contribution is 5.95. The first-order valence-corrected chi connectivity index (χ1v) is 11.9. The summed E-state index contributed by atoms with van der Waals surface area (Å²) in [7, 11) is 0. The summed E-state index contributed by atoms with van der Waals surface area (Å²) in [5.74, 6) is 0.890. The lowest BCUT2D eigenvalue weighted by Crippen LogP contribution is -2.27. The average molecular weight is 471 g/mol. The Morgan fingerprint density at radius 3 is 2.46 bits per heavy atom. The van der Waals surface area contributed by atoms with Gasteiger partial charge in [-0.15, -0.1) is 10.2 Å². The highest BCUT2D eigenvalue weighted by Crippen LogP contribution is 2.30. The molecule has 0 saturated heterocycles. The van der Waals surface area contributed by atoms with Crippen LogP contribution in [0.25, 0.3) is 22.5 Å². The number of nitrogens with one attached hydrogen (secondary N) is 1. The number of hydrogen-bond donors (Lipinski definition) is 1. The lowest BCUT2D eigenvalue weighted by Gasteiger charge is -2.26. The number of aromatic amines is 1. The lowest BCUT2D eigenvalue weighted by atomic mass is 9.98. The van der Waals surface area contributed by atoms with Gasteiger partial charge in [0, 0.05) is 24.3 Å². The van der Waals surface area contributed by atoms with E-state index in [4.69, 9.17) is 9.72 Å². The summed E-state index contributed by atoms with van der Waals surface area (Å²) in [5.41, 5.74) is 5.51. The van der Waals surface area contributed by atoms with Gasteiger partial charge in [-0.3, -0.25) is 0 Å². The first-order chi connectivity index (χ1) is 17.1. The molecule has 2 aromatic carbocycles. The monoisotopic (exact) mass is 470 g/mol. The number of ether oxygens (including phenoxy) is 1. The third-order valence-electron chi connectivity index (χ3n) is 5.74. The number of carbonyl (C=O) groups excluding carboxylic acids is 1. The molecule has 8 nitrogen and oxygen atoms in total. The molecule has 0 bridgehead atoms. The third-order valence-corrected chi connectivity index (χ3v) is 5.74. The van der Waals surface area contributed by atoms with Gasteiger partial charge in [0.25, 0.3) is 0 Å². The zero-order valence-corrected chi connectivity index (χ0v) is 20.4. The third kappa shape index (κ3) is 5.71. The molecule has 0 aliphatic carbocycles. The summed E-state index contributed by atoms with van der Waals surface area (Å²) in [6, 6.07) is 20.1. The molecule has 4 rings (SSSR count). The average Bonchev–Trinajstić information content (AvgIpc) is 3.42. The van der Waals surface area contributed by atoms with Gasteiger partial charge in [-0.2, -0.15) is 5.21 Å². The number of aryl methyl sites for hydroxylation is 1. The van der Waals surface area contributed by atoms with E-state index in [9.17, 15) is 4.79 Å². The van der Waals surface area contributed by atoms with Gasteiger partial charge in [-0.25, -0.2) is 9.78 Å². The maximum atomic E-state index is 12.6. The molecule has 0 unspecified atom stereocenters. The van der Waals surface area contributed by atoms with Crippen LogP contribution in [0.15, 0.2) is 60.7 Å². The molecule has 0 aliphatic rings. The van der Waals surface area contributed by atoms with Gasteiger partial charge in [-0.1, -0.05) is 61.9 Å². The number of rotatable bonds is 10. The number of tetrazole rings is 1. The van der Waals surface area contributed by atoms with Crippen LogP contribution in [0.1, 0.15) is 48.3 Å². The first-order valence-electron chi connectivity index (χ1n) is 11.9. The van der Waals surface area contributed by atoms with Crippen molar-refractivity contribution in [3.63, 3.8) is 0 Å².